The minimum absolute atomic E-state index is 0.114. The number of thiophene rings is 2. The summed E-state index contributed by atoms with van der Waals surface area (Å²) in [7, 11) is 0. The number of anilines is 1. The molecule has 0 aliphatic carbocycles. The van der Waals surface area contributed by atoms with Crippen molar-refractivity contribution >= 4 is 34.3 Å². The number of amides is 1. The number of nitrogens with zero attached hydrogens (tertiary/aromatic N) is 2. The molecule has 5 rings (SSSR count). The van der Waals surface area contributed by atoms with Gasteiger partial charge in [-0.15, -0.1) is 22.7 Å². The van der Waals surface area contributed by atoms with E-state index in [2.05, 4.69) is 33.9 Å². The van der Waals surface area contributed by atoms with Gasteiger partial charge in [0.25, 0.3) is 0 Å². The van der Waals surface area contributed by atoms with Gasteiger partial charge in [-0.05, 0) is 54.4 Å². The van der Waals surface area contributed by atoms with E-state index in [1.165, 1.54) is 4.88 Å². The van der Waals surface area contributed by atoms with Crippen molar-refractivity contribution in [2.45, 2.75) is 25.4 Å². The van der Waals surface area contributed by atoms with Crippen LogP contribution in [0.1, 0.15) is 28.6 Å². The average molecular weight is 441 g/mol. The summed E-state index contributed by atoms with van der Waals surface area (Å²) in [6, 6.07) is 14.5. The summed E-state index contributed by atoms with van der Waals surface area (Å²) in [6.45, 7) is 3.03. The molecule has 156 valence electrons. The number of benzene rings is 1. The molecule has 4 heterocycles. The molecule has 0 radical (unpaired) electrons. The first-order chi connectivity index (χ1) is 14.8. The Morgan fingerprint density at radius 1 is 1.07 bits per heavy atom. The van der Waals surface area contributed by atoms with Crippen LogP contribution in [0.15, 0.2) is 53.2 Å². The molecule has 30 heavy (non-hydrogen) atoms. The van der Waals surface area contributed by atoms with E-state index in [1.807, 2.05) is 29.2 Å². The molecule has 3 aromatic rings. The number of rotatable bonds is 6. The molecule has 2 aromatic heterocycles. The van der Waals surface area contributed by atoms with Gasteiger partial charge >= 0.3 is 0 Å². The van der Waals surface area contributed by atoms with Gasteiger partial charge in [0.1, 0.15) is 13.2 Å². The average Bonchev–Trinajstić information content (AvgIpc) is 3.54. The Morgan fingerprint density at radius 3 is 2.70 bits per heavy atom. The first-order valence-corrected chi connectivity index (χ1v) is 12.0. The third-order valence-electron chi connectivity index (χ3n) is 5.61. The number of carbonyl (C=O) groups excluding carboxylic acids is 1. The van der Waals surface area contributed by atoms with Crippen molar-refractivity contribution in [2.75, 3.05) is 31.2 Å². The monoisotopic (exact) mass is 440 g/mol. The molecule has 1 amide bonds. The van der Waals surface area contributed by atoms with Crippen LogP contribution in [-0.4, -0.2) is 37.1 Å². The van der Waals surface area contributed by atoms with Crippen LogP contribution in [0.2, 0.25) is 0 Å². The highest BCUT2D eigenvalue weighted by molar-refractivity contribution is 7.10. The van der Waals surface area contributed by atoms with Crippen LogP contribution in [0.25, 0.3) is 0 Å². The van der Waals surface area contributed by atoms with E-state index in [4.69, 9.17) is 9.47 Å². The Hall–Kier alpha value is -2.35. The molecule has 1 saturated heterocycles. The van der Waals surface area contributed by atoms with Gasteiger partial charge in [-0.3, -0.25) is 9.69 Å². The lowest BCUT2D eigenvalue weighted by molar-refractivity contribution is -0.120. The molecule has 5 nitrogen and oxygen atoms in total. The molecule has 2 aliphatic rings. The van der Waals surface area contributed by atoms with Gasteiger partial charge in [0, 0.05) is 27.5 Å². The summed E-state index contributed by atoms with van der Waals surface area (Å²) < 4.78 is 11.4. The van der Waals surface area contributed by atoms with Gasteiger partial charge in [-0.1, -0.05) is 12.1 Å². The number of ether oxygens (including phenoxy) is 2. The molecular weight excluding hydrogens is 416 g/mol. The SMILES string of the molecule is O=C(CN1CCC[C@@H]1c1cccs1)N(Cc1cccs1)c1ccc2c(c1)OCCO2. The molecule has 2 aliphatic heterocycles. The van der Waals surface area contributed by atoms with E-state index in [1.54, 1.807) is 22.7 Å². The van der Waals surface area contributed by atoms with E-state index in [0.717, 1.165) is 35.7 Å². The lowest BCUT2D eigenvalue weighted by atomic mass is 10.2. The van der Waals surface area contributed by atoms with Gasteiger partial charge in [-0.25, -0.2) is 0 Å². The maximum atomic E-state index is 13.5. The molecule has 1 aromatic carbocycles. The van der Waals surface area contributed by atoms with E-state index >= 15 is 0 Å². The number of hydrogen-bond donors (Lipinski definition) is 0. The highest BCUT2D eigenvalue weighted by Crippen LogP contribution is 2.36. The van der Waals surface area contributed by atoms with Crippen molar-refractivity contribution in [3.63, 3.8) is 0 Å². The van der Waals surface area contributed by atoms with Crippen LogP contribution in [0.3, 0.4) is 0 Å². The van der Waals surface area contributed by atoms with Gasteiger partial charge in [0.15, 0.2) is 11.5 Å². The third kappa shape index (κ3) is 4.10. The van der Waals surface area contributed by atoms with Crippen molar-refractivity contribution in [3.05, 3.63) is 63.0 Å². The maximum absolute atomic E-state index is 13.5. The van der Waals surface area contributed by atoms with Crippen LogP contribution >= 0.6 is 22.7 Å². The highest BCUT2D eigenvalue weighted by atomic mass is 32.1. The van der Waals surface area contributed by atoms with Crippen LogP contribution < -0.4 is 14.4 Å². The number of likely N-dealkylation sites (tertiary alicyclic amines) is 1. The van der Waals surface area contributed by atoms with Crippen molar-refractivity contribution in [1.29, 1.82) is 0 Å². The second-order valence-corrected chi connectivity index (χ2v) is 9.54. The third-order valence-corrected chi connectivity index (χ3v) is 7.44. The number of hydrogen-bond acceptors (Lipinski definition) is 6. The summed E-state index contributed by atoms with van der Waals surface area (Å²) >= 11 is 3.45. The molecule has 7 heteroatoms. The van der Waals surface area contributed by atoms with Crippen LogP contribution in [0.4, 0.5) is 5.69 Å². The Balaban J connectivity index is 1.39. The topological polar surface area (TPSA) is 42.0 Å². The largest absolute Gasteiger partial charge is 0.486 e. The number of fused-ring (bicyclic) bond motifs is 1. The van der Waals surface area contributed by atoms with Crippen molar-refractivity contribution in [2.24, 2.45) is 0 Å². The second-order valence-electron chi connectivity index (χ2n) is 7.53. The lowest BCUT2D eigenvalue weighted by Gasteiger charge is -2.29. The Morgan fingerprint density at radius 2 is 1.90 bits per heavy atom. The standard InChI is InChI=1S/C23H24N2O3S2/c26-23(16-24-9-1-5-19(24)22-6-3-13-30-22)25(15-18-4-2-12-29-18)17-7-8-20-21(14-17)28-11-10-27-20/h2-4,6-8,12-14,19H,1,5,9-11,15-16H2/t19-/m1/s1. The van der Waals surface area contributed by atoms with Crippen molar-refractivity contribution < 1.29 is 14.3 Å². The summed E-state index contributed by atoms with van der Waals surface area (Å²) in [5.74, 6) is 1.56. The first-order valence-electron chi connectivity index (χ1n) is 10.3. The summed E-state index contributed by atoms with van der Waals surface area (Å²) in [5, 5.41) is 4.17. The zero-order valence-electron chi connectivity index (χ0n) is 16.7. The Kier molecular flexibility index (Phi) is 5.75. The fourth-order valence-corrected chi connectivity index (χ4v) is 5.75. The van der Waals surface area contributed by atoms with Crippen molar-refractivity contribution in [3.8, 4) is 11.5 Å². The van der Waals surface area contributed by atoms with Gasteiger partial charge < -0.3 is 14.4 Å². The second kappa shape index (κ2) is 8.79. The molecule has 1 atom stereocenters. The smallest absolute Gasteiger partial charge is 0.241 e. The summed E-state index contributed by atoms with van der Waals surface area (Å²) in [5.41, 5.74) is 0.851. The predicted octanol–water partition coefficient (Wildman–Crippen LogP) is 4.95. The van der Waals surface area contributed by atoms with Crippen molar-refractivity contribution in [1.82, 2.24) is 4.90 Å². The summed E-state index contributed by atoms with van der Waals surface area (Å²) in [4.78, 5) is 20.3. The van der Waals surface area contributed by atoms with E-state index in [-0.39, 0.29) is 5.91 Å². The van der Waals surface area contributed by atoms with E-state index in [9.17, 15) is 4.79 Å². The Labute approximate surface area is 184 Å². The molecule has 0 saturated carbocycles. The summed E-state index contributed by atoms with van der Waals surface area (Å²) in [6.07, 6.45) is 2.24. The van der Waals surface area contributed by atoms with E-state index in [0.29, 0.717) is 38.1 Å². The molecule has 0 bridgehead atoms. The first kappa shape index (κ1) is 19.6. The fourth-order valence-electron chi connectivity index (χ4n) is 4.16. The molecule has 0 N–H and O–H groups in total. The zero-order valence-corrected chi connectivity index (χ0v) is 18.3. The van der Waals surface area contributed by atoms with Crippen LogP contribution in [0, 0.1) is 0 Å². The molecule has 1 fully saturated rings. The fraction of sp³-hybridized carbons (Fsp3) is 0.348. The minimum Gasteiger partial charge on any atom is -0.486 e. The molecular formula is C23H24N2O3S2. The van der Waals surface area contributed by atoms with Crippen LogP contribution in [-0.2, 0) is 11.3 Å². The minimum atomic E-state index is 0.114. The van der Waals surface area contributed by atoms with E-state index < -0.39 is 0 Å². The normalized spacial score (nSPS) is 18.5. The maximum Gasteiger partial charge on any atom is 0.241 e. The number of carbonyl (C=O) groups is 1. The quantitative estimate of drug-likeness (QED) is 0.544. The van der Waals surface area contributed by atoms with Gasteiger partial charge in [0.2, 0.25) is 5.91 Å². The molecule has 0 unspecified atom stereocenters. The predicted molar refractivity (Wildman–Crippen MR) is 121 cm³/mol. The zero-order chi connectivity index (χ0) is 20.3. The van der Waals surface area contributed by atoms with Gasteiger partial charge in [0.05, 0.1) is 13.1 Å². The molecule has 0 spiro atoms. The highest BCUT2D eigenvalue weighted by Gasteiger charge is 2.30. The van der Waals surface area contributed by atoms with Crippen LogP contribution in [0.5, 0.6) is 11.5 Å². The Bertz CT molecular complexity index is 988. The van der Waals surface area contributed by atoms with Gasteiger partial charge in [-0.2, -0.15) is 0 Å². The lowest BCUT2D eigenvalue weighted by Crippen LogP contribution is -2.39.